The maximum Gasteiger partial charge on any atom is 0.131 e. The number of halogens is 1. The van der Waals surface area contributed by atoms with Crippen LogP contribution in [0.2, 0.25) is 0 Å². The molecule has 0 spiro atoms. The first-order chi connectivity index (χ1) is 13.4. The molecule has 0 saturated heterocycles. The fourth-order valence-corrected chi connectivity index (χ4v) is 8.26. The minimum Gasteiger partial charge on any atom is -0.253 e. The highest BCUT2D eigenvalue weighted by Crippen LogP contribution is 2.81. The molecule has 0 N–H and O–H groups in total. The van der Waals surface area contributed by atoms with Crippen molar-refractivity contribution in [3.05, 3.63) is 65.7 Å². The highest BCUT2D eigenvalue weighted by Gasteiger charge is 2.86. The van der Waals surface area contributed by atoms with Gasteiger partial charge in [-0.2, -0.15) is 5.26 Å². The van der Waals surface area contributed by atoms with Crippen LogP contribution in [0.3, 0.4) is 0 Å². The van der Waals surface area contributed by atoms with Gasteiger partial charge in [-0.3, -0.25) is 4.21 Å². The number of rotatable bonds is 8. The van der Waals surface area contributed by atoms with Crippen molar-refractivity contribution in [2.24, 2.45) is 10.8 Å². The van der Waals surface area contributed by atoms with Gasteiger partial charge in [0.1, 0.15) is 3.66 Å². The second-order valence-corrected chi connectivity index (χ2v) is 11.5. The van der Waals surface area contributed by atoms with Gasteiger partial charge in [0.25, 0.3) is 0 Å². The molecule has 148 valence electrons. The van der Waals surface area contributed by atoms with Crippen molar-refractivity contribution < 1.29 is 4.21 Å². The Bertz CT molecular complexity index is 891. The number of hydrogen-bond donors (Lipinski definition) is 0. The quantitative estimate of drug-likeness (QED) is 0.421. The van der Waals surface area contributed by atoms with Crippen LogP contribution in [0.15, 0.2) is 59.5 Å². The molecule has 0 amide bonds. The molecule has 2 nitrogen and oxygen atoms in total. The van der Waals surface area contributed by atoms with Crippen LogP contribution in [0.4, 0.5) is 0 Å². The summed E-state index contributed by atoms with van der Waals surface area (Å²) in [5.74, 6) is 0. The third kappa shape index (κ3) is 3.17. The Morgan fingerprint density at radius 2 is 1.71 bits per heavy atom. The van der Waals surface area contributed by atoms with Crippen molar-refractivity contribution in [3.63, 3.8) is 0 Å². The molecule has 0 aliphatic heterocycles. The van der Waals surface area contributed by atoms with Crippen molar-refractivity contribution in [2.45, 2.75) is 61.4 Å². The summed E-state index contributed by atoms with van der Waals surface area (Å²) in [5.41, 5.74) is 1.43. The van der Waals surface area contributed by atoms with Crippen molar-refractivity contribution in [1.82, 2.24) is 0 Å². The third-order valence-corrected chi connectivity index (χ3v) is 10.9. The Labute approximate surface area is 179 Å². The lowest BCUT2D eigenvalue weighted by Crippen LogP contribution is -2.20. The average Bonchev–Trinajstić information content (AvgIpc) is 3.15. The molecule has 1 fully saturated rings. The number of nitriles is 1. The molecule has 0 heterocycles. The van der Waals surface area contributed by atoms with Crippen LogP contribution in [0.1, 0.15) is 50.7 Å². The van der Waals surface area contributed by atoms with Crippen LogP contribution in [-0.2, 0) is 17.2 Å². The van der Waals surface area contributed by atoms with E-state index < -0.39 is 19.9 Å². The average molecular weight is 458 g/mol. The van der Waals surface area contributed by atoms with Gasteiger partial charge in [0.15, 0.2) is 0 Å². The van der Waals surface area contributed by atoms with Gasteiger partial charge in [-0.05, 0) is 43.9 Å². The van der Waals surface area contributed by atoms with Gasteiger partial charge in [-0.15, -0.1) is 0 Å². The van der Waals surface area contributed by atoms with Gasteiger partial charge in [0, 0.05) is 10.3 Å². The first-order valence-electron chi connectivity index (χ1n) is 9.99. The third-order valence-electron chi connectivity index (χ3n) is 6.48. The van der Waals surface area contributed by atoms with E-state index in [9.17, 15) is 9.47 Å². The van der Waals surface area contributed by atoms with E-state index in [1.54, 1.807) is 0 Å². The maximum atomic E-state index is 13.7. The highest BCUT2D eigenvalue weighted by molar-refractivity contribution is 9.11. The van der Waals surface area contributed by atoms with E-state index >= 15 is 0 Å². The van der Waals surface area contributed by atoms with E-state index in [4.69, 9.17) is 0 Å². The summed E-state index contributed by atoms with van der Waals surface area (Å²) in [5, 5.41) is 10.3. The van der Waals surface area contributed by atoms with E-state index in [0.717, 1.165) is 42.6 Å². The molecule has 0 aromatic heterocycles. The predicted molar refractivity (Wildman–Crippen MR) is 120 cm³/mol. The topological polar surface area (TPSA) is 40.9 Å². The maximum absolute atomic E-state index is 13.7. The Hall–Kier alpha value is -1.44. The molecular formula is C24H28BrNOS. The molecule has 1 aliphatic rings. The predicted octanol–water partition coefficient (Wildman–Crippen LogP) is 6.55. The largest absolute Gasteiger partial charge is 0.253 e. The summed E-state index contributed by atoms with van der Waals surface area (Å²) in [4.78, 5) is 0.794. The zero-order valence-electron chi connectivity index (χ0n) is 16.9. The molecular weight excluding hydrogens is 430 g/mol. The first-order valence-corrected chi connectivity index (χ1v) is 11.9. The normalized spacial score (nSPS) is 29.8. The minimum atomic E-state index is -1.30. The molecule has 4 atom stereocenters. The first kappa shape index (κ1) is 21.3. The monoisotopic (exact) mass is 457 g/mol. The Balaban J connectivity index is 1.96. The molecule has 3 rings (SSSR count). The zero-order valence-corrected chi connectivity index (χ0v) is 19.3. The Morgan fingerprint density at radius 3 is 2.29 bits per heavy atom. The lowest BCUT2D eigenvalue weighted by atomic mass is 9.86. The summed E-state index contributed by atoms with van der Waals surface area (Å²) in [7, 11) is -1.30. The van der Waals surface area contributed by atoms with E-state index in [0.29, 0.717) is 0 Å². The molecule has 2 aromatic rings. The molecule has 0 bridgehead atoms. The van der Waals surface area contributed by atoms with Gasteiger partial charge in [0.05, 0.1) is 22.3 Å². The Kier molecular flexibility index (Phi) is 6.17. The summed E-state index contributed by atoms with van der Waals surface area (Å²) < 4.78 is 13.0. The van der Waals surface area contributed by atoms with Crippen LogP contribution in [0, 0.1) is 29.1 Å². The van der Waals surface area contributed by atoms with E-state index in [-0.39, 0.29) is 5.41 Å². The van der Waals surface area contributed by atoms with Crippen LogP contribution in [-0.4, -0.2) is 7.87 Å². The van der Waals surface area contributed by atoms with Crippen LogP contribution in [0.25, 0.3) is 0 Å². The standard InChI is InChI=1S/C24H28BrNOS/c1-4-5-16-23(18-26)22(3,17-15-20-9-7-6-8-10-20)24(23,25)28(27)21-13-11-19(2)12-14-21/h6-14H,4-5,15-17H2,1-3H3. The molecule has 28 heavy (non-hydrogen) atoms. The van der Waals surface area contributed by atoms with Crippen molar-refractivity contribution in [1.29, 1.82) is 5.26 Å². The highest BCUT2D eigenvalue weighted by atomic mass is 79.9. The summed E-state index contributed by atoms with van der Waals surface area (Å²) in [6.45, 7) is 6.32. The second-order valence-electron chi connectivity index (χ2n) is 8.12. The van der Waals surface area contributed by atoms with E-state index in [1.165, 1.54) is 5.56 Å². The van der Waals surface area contributed by atoms with Gasteiger partial charge < -0.3 is 0 Å². The lowest BCUT2D eigenvalue weighted by molar-refractivity contribution is 0.378. The Morgan fingerprint density at radius 1 is 1.07 bits per heavy atom. The van der Waals surface area contributed by atoms with Crippen LogP contribution >= 0.6 is 15.9 Å². The van der Waals surface area contributed by atoms with Crippen molar-refractivity contribution in [3.8, 4) is 6.07 Å². The van der Waals surface area contributed by atoms with Crippen LogP contribution < -0.4 is 0 Å². The summed E-state index contributed by atoms with van der Waals surface area (Å²) in [6.07, 6.45) is 4.47. The number of nitrogens with zero attached hydrogens (tertiary/aromatic N) is 1. The lowest BCUT2D eigenvalue weighted by Gasteiger charge is -2.16. The number of benzene rings is 2. The molecule has 1 aliphatic carbocycles. The molecule has 4 unspecified atom stereocenters. The van der Waals surface area contributed by atoms with Crippen molar-refractivity contribution in [2.75, 3.05) is 0 Å². The molecule has 2 aromatic carbocycles. The van der Waals surface area contributed by atoms with Gasteiger partial charge in [-0.1, -0.05) is 90.6 Å². The number of alkyl halides is 1. The van der Waals surface area contributed by atoms with E-state index in [1.807, 2.05) is 49.4 Å². The zero-order chi connectivity index (χ0) is 20.4. The molecule has 0 radical (unpaired) electrons. The fourth-order valence-electron chi connectivity index (χ4n) is 4.51. The summed E-state index contributed by atoms with van der Waals surface area (Å²) in [6, 6.07) is 20.8. The van der Waals surface area contributed by atoms with Gasteiger partial charge >= 0.3 is 0 Å². The SMILES string of the molecule is CCCCC1(C#N)C(C)(CCc2ccccc2)C1(Br)S(=O)c1ccc(C)cc1. The number of unbranched alkanes of at least 4 members (excludes halogenated alkanes) is 1. The van der Waals surface area contributed by atoms with Gasteiger partial charge in [0.2, 0.25) is 0 Å². The van der Waals surface area contributed by atoms with Gasteiger partial charge in [-0.25, -0.2) is 0 Å². The van der Waals surface area contributed by atoms with E-state index in [2.05, 4.69) is 48.0 Å². The summed E-state index contributed by atoms with van der Waals surface area (Å²) >= 11 is 3.90. The second kappa shape index (κ2) is 8.13. The van der Waals surface area contributed by atoms with Crippen molar-refractivity contribution >= 4 is 26.7 Å². The molecule has 4 heteroatoms. The fraction of sp³-hybridized carbons (Fsp3) is 0.458. The number of aryl methyl sites for hydroxylation is 2. The minimum absolute atomic E-state index is 0.352. The number of hydrogen-bond acceptors (Lipinski definition) is 2. The smallest absolute Gasteiger partial charge is 0.131 e. The molecule has 1 saturated carbocycles. The van der Waals surface area contributed by atoms with Crippen LogP contribution in [0.5, 0.6) is 0 Å².